The van der Waals surface area contributed by atoms with Gasteiger partial charge in [0.05, 0.1) is 16.7 Å². The molecule has 0 aliphatic heterocycles. The number of hydrogen-bond donors (Lipinski definition) is 0. The molecule has 0 aliphatic rings. The minimum absolute atomic E-state index is 1.07. The molecule has 1 aromatic heterocycles. The molecule has 0 amide bonds. The van der Waals surface area contributed by atoms with Crippen LogP contribution in [0.3, 0.4) is 0 Å². The highest BCUT2D eigenvalue weighted by Gasteiger charge is 2.23. The van der Waals surface area contributed by atoms with Crippen molar-refractivity contribution in [2.75, 3.05) is 4.90 Å². The van der Waals surface area contributed by atoms with Gasteiger partial charge in [0, 0.05) is 33.4 Å². The Bertz CT molecular complexity index is 3680. The van der Waals surface area contributed by atoms with E-state index in [0.29, 0.717) is 0 Å². The van der Waals surface area contributed by atoms with Crippen LogP contribution in [0.1, 0.15) is 0 Å². The predicted octanol–water partition coefficient (Wildman–Crippen LogP) is 17.7. The van der Waals surface area contributed by atoms with Gasteiger partial charge in [-0.3, -0.25) is 0 Å². The monoisotopic (exact) mass is 840 g/mol. The van der Waals surface area contributed by atoms with E-state index in [1.165, 1.54) is 82.6 Å². The summed E-state index contributed by atoms with van der Waals surface area (Å²) in [4.78, 5) is 2.46. The predicted molar refractivity (Wildman–Crippen MR) is 280 cm³/mol. The third-order valence-electron chi connectivity index (χ3n) is 13.0. The zero-order valence-corrected chi connectivity index (χ0v) is 36.3. The summed E-state index contributed by atoms with van der Waals surface area (Å²) in [6.07, 6.45) is 0. The quantitative estimate of drug-likeness (QED) is 0.141. The Labute approximate surface area is 385 Å². The summed E-state index contributed by atoms with van der Waals surface area (Å²) in [6.45, 7) is 0. The molecule has 12 rings (SSSR count). The van der Waals surface area contributed by atoms with Gasteiger partial charge in [-0.2, -0.15) is 0 Å². The first-order valence-electron chi connectivity index (χ1n) is 22.7. The van der Waals surface area contributed by atoms with Crippen molar-refractivity contribution in [2.45, 2.75) is 0 Å². The topological polar surface area (TPSA) is 8.17 Å². The van der Waals surface area contributed by atoms with Crippen molar-refractivity contribution in [1.29, 1.82) is 0 Å². The van der Waals surface area contributed by atoms with E-state index in [9.17, 15) is 0 Å². The lowest BCUT2D eigenvalue weighted by atomic mass is 9.87. The van der Waals surface area contributed by atoms with Crippen molar-refractivity contribution < 1.29 is 0 Å². The lowest BCUT2D eigenvalue weighted by Crippen LogP contribution is -2.12. The summed E-state index contributed by atoms with van der Waals surface area (Å²) in [5, 5.41) is 4.95. The average molecular weight is 841 g/mol. The molecule has 0 atom stereocenters. The molecule has 0 N–H and O–H groups in total. The van der Waals surface area contributed by atoms with Crippen LogP contribution in [0.4, 0.5) is 17.1 Å². The molecule has 1 heterocycles. The first-order valence-corrected chi connectivity index (χ1v) is 22.7. The van der Waals surface area contributed by atoms with Gasteiger partial charge in [0.2, 0.25) is 0 Å². The van der Waals surface area contributed by atoms with E-state index in [4.69, 9.17) is 0 Å². The van der Waals surface area contributed by atoms with Crippen LogP contribution >= 0.6 is 0 Å². The largest absolute Gasteiger partial charge is 0.310 e. The standard InChI is InChI=1S/C64H44N2/c1-4-19-45(20-5-1)56-30-12-13-32-59(56)64-57(47-21-6-2-7-22-47)34-18-36-63(64)65(52-40-37-48(38-41-52)55-33-17-24-46-23-10-11-29-54(46)55)53-28-16-25-49(43-53)50-39-42-62-60(44-50)58-31-14-15-35-61(58)66(62)51-26-8-3-9-27-51/h1-44H. The third kappa shape index (κ3) is 6.93. The van der Waals surface area contributed by atoms with Gasteiger partial charge in [-0.1, -0.05) is 206 Å². The second kappa shape index (κ2) is 16.8. The van der Waals surface area contributed by atoms with Crippen molar-refractivity contribution in [3.05, 3.63) is 267 Å². The number of fused-ring (bicyclic) bond motifs is 4. The maximum Gasteiger partial charge on any atom is 0.0546 e. The maximum absolute atomic E-state index is 2.46. The molecule has 0 bridgehead atoms. The number of benzene rings is 11. The highest BCUT2D eigenvalue weighted by Crippen LogP contribution is 2.49. The molecule has 66 heavy (non-hydrogen) atoms. The normalized spacial score (nSPS) is 11.3. The Morgan fingerprint density at radius 3 is 1.58 bits per heavy atom. The molecule has 310 valence electrons. The third-order valence-corrected chi connectivity index (χ3v) is 13.0. The Kier molecular flexibility index (Phi) is 9.89. The highest BCUT2D eigenvalue weighted by molar-refractivity contribution is 6.11. The first kappa shape index (κ1) is 38.9. The van der Waals surface area contributed by atoms with Gasteiger partial charge in [0.25, 0.3) is 0 Å². The van der Waals surface area contributed by atoms with E-state index in [-0.39, 0.29) is 0 Å². The number of aromatic nitrogens is 1. The fraction of sp³-hybridized carbons (Fsp3) is 0. The summed E-state index contributed by atoms with van der Waals surface area (Å²) < 4.78 is 2.38. The second-order valence-electron chi connectivity index (χ2n) is 16.9. The summed E-state index contributed by atoms with van der Waals surface area (Å²) in [5.74, 6) is 0. The van der Waals surface area contributed by atoms with Crippen LogP contribution in [0.5, 0.6) is 0 Å². The Hall–Kier alpha value is -8.72. The molecule has 0 saturated carbocycles. The minimum atomic E-state index is 1.07. The Morgan fingerprint density at radius 2 is 0.788 bits per heavy atom. The van der Waals surface area contributed by atoms with Crippen molar-refractivity contribution in [3.8, 4) is 61.3 Å². The van der Waals surface area contributed by atoms with E-state index in [2.05, 4.69) is 276 Å². The molecule has 2 heteroatoms. The molecule has 2 nitrogen and oxygen atoms in total. The van der Waals surface area contributed by atoms with Gasteiger partial charge in [0.15, 0.2) is 0 Å². The number of anilines is 3. The zero-order chi connectivity index (χ0) is 43.8. The van der Waals surface area contributed by atoms with Crippen LogP contribution in [-0.4, -0.2) is 4.57 Å². The van der Waals surface area contributed by atoms with Crippen LogP contribution in [0.15, 0.2) is 267 Å². The summed E-state index contributed by atoms with van der Waals surface area (Å²) >= 11 is 0. The fourth-order valence-corrected chi connectivity index (χ4v) is 9.97. The van der Waals surface area contributed by atoms with Crippen LogP contribution in [0, 0.1) is 0 Å². The minimum Gasteiger partial charge on any atom is -0.310 e. The first-order chi connectivity index (χ1) is 32.8. The van der Waals surface area contributed by atoms with Gasteiger partial charge < -0.3 is 9.47 Å². The lowest BCUT2D eigenvalue weighted by Gasteiger charge is -2.30. The highest BCUT2D eigenvalue weighted by atomic mass is 15.1. The Morgan fingerprint density at radius 1 is 0.273 bits per heavy atom. The van der Waals surface area contributed by atoms with Crippen molar-refractivity contribution in [2.24, 2.45) is 0 Å². The number of para-hydroxylation sites is 2. The Balaban J connectivity index is 1.08. The zero-order valence-electron chi connectivity index (χ0n) is 36.3. The molecule has 12 aromatic rings. The van der Waals surface area contributed by atoms with Crippen molar-refractivity contribution in [3.63, 3.8) is 0 Å². The molecule has 0 spiro atoms. The van der Waals surface area contributed by atoms with Crippen LogP contribution in [0.2, 0.25) is 0 Å². The maximum atomic E-state index is 2.46. The van der Waals surface area contributed by atoms with E-state index < -0.39 is 0 Å². The molecule has 0 saturated heterocycles. The van der Waals surface area contributed by atoms with Gasteiger partial charge in [-0.05, 0) is 122 Å². The summed E-state index contributed by atoms with van der Waals surface area (Å²) in [6, 6.07) is 97.0. The molecule has 0 fully saturated rings. The number of rotatable bonds is 9. The molecular weight excluding hydrogens is 797 g/mol. The molecular formula is C64H44N2. The van der Waals surface area contributed by atoms with Crippen LogP contribution in [0.25, 0.3) is 93.9 Å². The van der Waals surface area contributed by atoms with Crippen molar-refractivity contribution >= 4 is 49.6 Å². The van der Waals surface area contributed by atoms with Crippen LogP contribution in [-0.2, 0) is 0 Å². The molecule has 0 unspecified atom stereocenters. The average Bonchev–Trinajstić information content (AvgIpc) is 3.73. The van der Waals surface area contributed by atoms with E-state index >= 15 is 0 Å². The van der Waals surface area contributed by atoms with E-state index in [1.54, 1.807) is 0 Å². The summed E-state index contributed by atoms with van der Waals surface area (Å²) in [7, 11) is 0. The number of nitrogens with zero attached hydrogens (tertiary/aromatic N) is 2. The summed E-state index contributed by atoms with van der Waals surface area (Å²) in [5.41, 5.74) is 18.5. The van der Waals surface area contributed by atoms with Gasteiger partial charge in [0.1, 0.15) is 0 Å². The van der Waals surface area contributed by atoms with Crippen molar-refractivity contribution in [1.82, 2.24) is 4.57 Å². The SMILES string of the molecule is c1ccc(-c2ccccc2-c2c(-c3ccccc3)cccc2N(c2ccc(-c3cccc4ccccc34)cc2)c2cccc(-c3ccc4c(c3)c3ccccc3n4-c3ccccc3)c2)cc1. The van der Waals surface area contributed by atoms with Gasteiger partial charge in [-0.15, -0.1) is 0 Å². The van der Waals surface area contributed by atoms with Gasteiger partial charge in [-0.25, -0.2) is 0 Å². The molecule has 0 radical (unpaired) electrons. The van der Waals surface area contributed by atoms with Gasteiger partial charge >= 0.3 is 0 Å². The lowest BCUT2D eigenvalue weighted by molar-refractivity contribution is 1.18. The van der Waals surface area contributed by atoms with Crippen LogP contribution < -0.4 is 4.90 Å². The van der Waals surface area contributed by atoms with E-state index in [0.717, 1.165) is 28.3 Å². The second-order valence-corrected chi connectivity index (χ2v) is 16.9. The smallest absolute Gasteiger partial charge is 0.0546 e. The molecule has 11 aromatic carbocycles. The number of hydrogen-bond acceptors (Lipinski definition) is 1. The molecule has 0 aliphatic carbocycles. The van der Waals surface area contributed by atoms with E-state index in [1.807, 2.05) is 0 Å². The fourth-order valence-electron chi connectivity index (χ4n) is 9.97.